The minimum atomic E-state index is -4.35. The molecule has 0 heterocycles. The van der Waals surface area contributed by atoms with Crippen LogP contribution in [0.25, 0.3) is 6.08 Å². The van der Waals surface area contributed by atoms with Crippen LogP contribution in [0.5, 0.6) is 17.2 Å². The highest BCUT2D eigenvalue weighted by atomic mass is 19.4. The summed E-state index contributed by atoms with van der Waals surface area (Å²) >= 11 is 0. The highest BCUT2D eigenvalue weighted by molar-refractivity contribution is 5.89. The molecule has 0 aliphatic rings. The normalized spacial score (nSPS) is 11.4. The quantitative estimate of drug-likeness (QED) is 0.410. The molecule has 0 aliphatic heterocycles. The highest BCUT2D eigenvalue weighted by Gasteiger charge is 2.29. The van der Waals surface area contributed by atoms with Gasteiger partial charge in [-0.15, -0.1) is 0 Å². The summed E-state index contributed by atoms with van der Waals surface area (Å²) in [5.74, 6) is 1.09. The minimum Gasteiger partial charge on any atom is -0.489 e. The lowest BCUT2D eigenvalue weighted by Crippen LogP contribution is -2.03. The zero-order chi connectivity index (χ0) is 22.3. The SMILES string of the molecule is COC(=O)c1cccc(Oc2cccc(OCC=Cc3ccc(C(F)(F)F)cc3)c2)c1. The molecule has 0 fully saturated rings. The Labute approximate surface area is 177 Å². The molecule has 0 saturated heterocycles. The molecule has 7 heteroatoms. The molecule has 0 aromatic heterocycles. The summed E-state index contributed by atoms with van der Waals surface area (Å²) in [5.41, 5.74) is 0.329. The van der Waals surface area contributed by atoms with E-state index in [-0.39, 0.29) is 6.61 Å². The Morgan fingerprint density at radius 2 is 1.55 bits per heavy atom. The van der Waals surface area contributed by atoms with Crippen LogP contribution >= 0.6 is 0 Å². The van der Waals surface area contributed by atoms with Gasteiger partial charge in [0.25, 0.3) is 0 Å². The number of hydrogen-bond acceptors (Lipinski definition) is 4. The second-order valence-corrected chi connectivity index (χ2v) is 6.43. The van der Waals surface area contributed by atoms with Gasteiger partial charge in [-0.25, -0.2) is 4.79 Å². The Morgan fingerprint density at radius 1 is 0.903 bits per heavy atom. The number of methoxy groups -OCH3 is 1. The monoisotopic (exact) mass is 428 g/mol. The van der Waals surface area contributed by atoms with Crippen LogP contribution in [0.4, 0.5) is 13.2 Å². The van der Waals surface area contributed by atoms with Crippen molar-refractivity contribution in [2.75, 3.05) is 13.7 Å². The third-order valence-electron chi connectivity index (χ3n) is 4.19. The van der Waals surface area contributed by atoms with Gasteiger partial charge in [0.1, 0.15) is 23.9 Å². The van der Waals surface area contributed by atoms with Gasteiger partial charge in [0.15, 0.2) is 0 Å². The lowest BCUT2D eigenvalue weighted by Gasteiger charge is -2.09. The van der Waals surface area contributed by atoms with E-state index in [1.807, 2.05) is 0 Å². The van der Waals surface area contributed by atoms with Gasteiger partial charge >= 0.3 is 12.1 Å². The first-order valence-corrected chi connectivity index (χ1v) is 9.28. The first-order valence-electron chi connectivity index (χ1n) is 9.28. The maximum absolute atomic E-state index is 12.6. The zero-order valence-corrected chi connectivity index (χ0v) is 16.6. The Kier molecular flexibility index (Phi) is 6.97. The molecular weight excluding hydrogens is 409 g/mol. The van der Waals surface area contributed by atoms with E-state index in [1.165, 1.54) is 19.2 Å². The van der Waals surface area contributed by atoms with E-state index >= 15 is 0 Å². The molecule has 3 rings (SSSR count). The van der Waals surface area contributed by atoms with Gasteiger partial charge in [-0.05, 0) is 54.1 Å². The topological polar surface area (TPSA) is 44.8 Å². The van der Waals surface area contributed by atoms with Gasteiger partial charge in [0.2, 0.25) is 0 Å². The van der Waals surface area contributed by atoms with Crippen molar-refractivity contribution in [2.45, 2.75) is 6.18 Å². The molecule has 0 aliphatic carbocycles. The standard InChI is InChI=1S/C24H19F3O4/c1-29-23(28)18-6-2-8-21(15-18)31-22-9-3-7-20(16-22)30-14-4-5-17-10-12-19(13-11-17)24(25,26)27/h2-13,15-16H,14H2,1H3. The van der Waals surface area contributed by atoms with Crippen molar-refractivity contribution in [1.29, 1.82) is 0 Å². The first kappa shape index (κ1) is 22.0. The van der Waals surface area contributed by atoms with Crippen molar-refractivity contribution >= 4 is 12.0 Å². The molecule has 0 spiro atoms. The number of rotatable bonds is 7. The van der Waals surface area contributed by atoms with Crippen molar-refractivity contribution in [1.82, 2.24) is 0 Å². The van der Waals surface area contributed by atoms with Crippen LogP contribution in [0, 0.1) is 0 Å². The Hall–Kier alpha value is -3.74. The number of benzene rings is 3. The number of carbonyl (C=O) groups excluding carboxylic acids is 1. The average molecular weight is 428 g/mol. The fraction of sp³-hybridized carbons (Fsp3) is 0.125. The summed E-state index contributed by atoms with van der Waals surface area (Å²) in [6.07, 6.45) is -0.964. The second-order valence-electron chi connectivity index (χ2n) is 6.43. The van der Waals surface area contributed by atoms with Crippen molar-refractivity contribution < 1.29 is 32.2 Å². The van der Waals surface area contributed by atoms with Crippen LogP contribution in [-0.4, -0.2) is 19.7 Å². The van der Waals surface area contributed by atoms with Gasteiger partial charge in [-0.2, -0.15) is 13.2 Å². The van der Waals surface area contributed by atoms with Crippen LogP contribution in [0.15, 0.2) is 78.9 Å². The number of ether oxygens (including phenoxy) is 3. The zero-order valence-electron chi connectivity index (χ0n) is 16.6. The molecule has 0 unspecified atom stereocenters. The molecule has 3 aromatic rings. The molecular formula is C24H19F3O4. The minimum absolute atomic E-state index is 0.225. The van der Waals surface area contributed by atoms with E-state index in [4.69, 9.17) is 14.2 Å². The number of esters is 1. The molecule has 0 radical (unpaired) electrons. The third-order valence-corrected chi connectivity index (χ3v) is 4.19. The largest absolute Gasteiger partial charge is 0.489 e. The molecule has 0 N–H and O–H groups in total. The Morgan fingerprint density at radius 3 is 2.23 bits per heavy atom. The van der Waals surface area contributed by atoms with Crippen molar-refractivity contribution in [3.63, 3.8) is 0 Å². The van der Waals surface area contributed by atoms with Crippen LogP contribution in [0.2, 0.25) is 0 Å². The summed E-state index contributed by atoms with van der Waals surface area (Å²) in [4.78, 5) is 11.6. The van der Waals surface area contributed by atoms with Crippen LogP contribution in [0.3, 0.4) is 0 Å². The van der Waals surface area contributed by atoms with E-state index in [2.05, 4.69) is 0 Å². The number of halogens is 3. The smallest absolute Gasteiger partial charge is 0.416 e. The van der Waals surface area contributed by atoms with E-state index in [0.717, 1.165) is 12.1 Å². The van der Waals surface area contributed by atoms with Gasteiger partial charge in [0.05, 0.1) is 18.2 Å². The highest BCUT2D eigenvalue weighted by Crippen LogP contribution is 2.29. The summed E-state index contributed by atoms with van der Waals surface area (Å²) in [5, 5.41) is 0. The van der Waals surface area contributed by atoms with Crippen LogP contribution < -0.4 is 9.47 Å². The predicted octanol–water partition coefficient (Wildman–Crippen LogP) is 6.38. The Balaban J connectivity index is 1.57. The van der Waals surface area contributed by atoms with Gasteiger partial charge in [-0.3, -0.25) is 0 Å². The van der Waals surface area contributed by atoms with Crippen LogP contribution in [0.1, 0.15) is 21.5 Å². The lowest BCUT2D eigenvalue weighted by atomic mass is 10.1. The van der Waals surface area contributed by atoms with Gasteiger partial charge < -0.3 is 14.2 Å². The summed E-state index contributed by atoms with van der Waals surface area (Å²) in [6.45, 7) is 0.225. The maximum atomic E-state index is 12.6. The summed E-state index contributed by atoms with van der Waals surface area (Å²) in [7, 11) is 1.31. The summed E-state index contributed by atoms with van der Waals surface area (Å²) < 4.78 is 53.9. The summed E-state index contributed by atoms with van der Waals surface area (Å²) in [6, 6.07) is 18.4. The maximum Gasteiger partial charge on any atom is 0.416 e. The second kappa shape index (κ2) is 9.84. The van der Waals surface area contributed by atoms with E-state index in [9.17, 15) is 18.0 Å². The molecule has 0 atom stereocenters. The third kappa shape index (κ3) is 6.37. The van der Waals surface area contributed by atoms with E-state index < -0.39 is 17.7 Å². The number of alkyl halides is 3. The lowest BCUT2D eigenvalue weighted by molar-refractivity contribution is -0.137. The molecule has 0 saturated carbocycles. The molecule has 4 nitrogen and oxygen atoms in total. The molecule has 31 heavy (non-hydrogen) atoms. The number of carbonyl (C=O) groups is 1. The predicted molar refractivity (Wildman–Crippen MR) is 110 cm³/mol. The number of hydrogen-bond donors (Lipinski definition) is 0. The molecule has 0 bridgehead atoms. The first-order chi connectivity index (χ1) is 14.8. The van der Waals surface area contributed by atoms with Crippen molar-refractivity contribution in [2.24, 2.45) is 0 Å². The van der Waals surface area contributed by atoms with E-state index in [1.54, 1.807) is 60.7 Å². The van der Waals surface area contributed by atoms with Gasteiger partial charge in [-0.1, -0.05) is 30.3 Å². The van der Waals surface area contributed by atoms with E-state index in [0.29, 0.717) is 28.4 Å². The van der Waals surface area contributed by atoms with Crippen molar-refractivity contribution in [3.8, 4) is 17.2 Å². The molecule has 0 amide bonds. The fourth-order valence-corrected chi connectivity index (χ4v) is 2.68. The van der Waals surface area contributed by atoms with Crippen LogP contribution in [-0.2, 0) is 10.9 Å². The van der Waals surface area contributed by atoms with Crippen molar-refractivity contribution in [3.05, 3.63) is 95.6 Å². The molecule has 3 aromatic carbocycles. The Bertz CT molecular complexity index is 1060. The van der Waals surface area contributed by atoms with Gasteiger partial charge in [0, 0.05) is 6.07 Å². The average Bonchev–Trinajstić information content (AvgIpc) is 2.76. The fourth-order valence-electron chi connectivity index (χ4n) is 2.68. The molecule has 160 valence electrons.